The molecule has 68 valence electrons. The number of Topliss-reactive ketones (excluding diaryl/α,β-unsaturated/α-hetero) is 1. The van der Waals surface area contributed by atoms with Gasteiger partial charge < -0.3 is 0 Å². The minimum Gasteiger partial charge on any atom is -0.299 e. The lowest BCUT2D eigenvalue weighted by Crippen LogP contribution is -2.04. The Balaban J connectivity index is 2.46. The molecule has 1 nitrogen and oxygen atoms in total. The van der Waals surface area contributed by atoms with Crippen molar-refractivity contribution in [3.63, 3.8) is 0 Å². The Hall–Kier alpha value is -1.18. The van der Waals surface area contributed by atoms with Crippen molar-refractivity contribution in [1.29, 1.82) is 0 Å². The van der Waals surface area contributed by atoms with E-state index in [4.69, 9.17) is 0 Å². The number of fused-ring (bicyclic) bond motifs is 1. The molecular formula is C11H11FO. The van der Waals surface area contributed by atoms with Gasteiger partial charge in [0.25, 0.3) is 0 Å². The fourth-order valence-corrected chi connectivity index (χ4v) is 2.00. The zero-order valence-corrected chi connectivity index (χ0v) is 7.51. The number of ketones is 1. The number of aryl methyl sites for hydroxylation is 1. The minimum atomic E-state index is -0.244. The van der Waals surface area contributed by atoms with Crippen LogP contribution in [-0.4, -0.2) is 5.78 Å². The second kappa shape index (κ2) is 2.95. The largest absolute Gasteiger partial charge is 0.299 e. The van der Waals surface area contributed by atoms with Crippen molar-refractivity contribution in [3.05, 3.63) is 35.1 Å². The molecule has 1 aliphatic rings. The lowest BCUT2D eigenvalue weighted by atomic mass is 9.98. The van der Waals surface area contributed by atoms with Crippen LogP contribution in [0, 0.1) is 5.82 Å². The van der Waals surface area contributed by atoms with Gasteiger partial charge in [0.05, 0.1) is 0 Å². The zero-order valence-electron chi connectivity index (χ0n) is 7.51. The molecule has 1 atom stereocenters. The van der Waals surface area contributed by atoms with Crippen LogP contribution < -0.4 is 0 Å². The normalized spacial score (nSPS) is 20.0. The maximum atomic E-state index is 12.9. The van der Waals surface area contributed by atoms with E-state index in [2.05, 4.69) is 0 Å². The van der Waals surface area contributed by atoms with E-state index in [-0.39, 0.29) is 17.5 Å². The zero-order chi connectivity index (χ0) is 9.42. The Morgan fingerprint density at radius 1 is 1.54 bits per heavy atom. The Morgan fingerprint density at radius 3 is 3.00 bits per heavy atom. The van der Waals surface area contributed by atoms with Crippen LogP contribution in [-0.2, 0) is 11.2 Å². The maximum Gasteiger partial charge on any atom is 0.137 e. The van der Waals surface area contributed by atoms with E-state index >= 15 is 0 Å². The van der Waals surface area contributed by atoms with E-state index in [1.165, 1.54) is 12.1 Å². The van der Waals surface area contributed by atoms with Crippen LogP contribution in [0.5, 0.6) is 0 Å². The summed E-state index contributed by atoms with van der Waals surface area (Å²) < 4.78 is 12.9. The molecule has 0 saturated heterocycles. The summed E-state index contributed by atoms with van der Waals surface area (Å²) in [6, 6.07) is 4.74. The molecule has 1 aromatic rings. The van der Waals surface area contributed by atoms with Crippen LogP contribution in [0.3, 0.4) is 0 Å². The quantitative estimate of drug-likeness (QED) is 0.645. The fourth-order valence-electron chi connectivity index (χ4n) is 2.00. The van der Waals surface area contributed by atoms with Gasteiger partial charge in [0.15, 0.2) is 0 Å². The second-order valence-corrected chi connectivity index (χ2v) is 3.55. The highest BCUT2D eigenvalue weighted by Crippen LogP contribution is 2.33. The van der Waals surface area contributed by atoms with Gasteiger partial charge in [-0.1, -0.05) is 6.07 Å². The van der Waals surface area contributed by atoms with E-state index in [1.54, 1.807) is 13.0 Å². The summed E-state index contributed by atoms with van der Waals surface area (Å²) in [6.07, 6.45) is 1.74. The summed E-state index contributed by atoms with van der Waals surface area (Å²) in [6.45, 7) is 1.57. The van der Waals surface area contributed by atoms with Gasteiger partial charge in [-0.2, -0.15) is 0 Å². The van der Waals surface area contributed by atoms with Crippen molar-refractivity contribution in [2.45, 2.75) is 25.7 Å². The Bertz CT molecular complexity index is 357. The molecule has 2 rings (SSSR count). The van der Waals surface area contributed by atoms with Crippen LogP contribution in [0.4, 0.5) is 4.39 Å². The molecule has 1 aromatic carbocycles. The third-order valence-corrected chi connectivity index (χ3v) is 2.68. The molecule has 0 saturated carbocycles. The van der Waals surface area contributed by atoms with Crippen LogP contribution in [0.25, 0.3) is 0 Å². The Morgan fingerprint density at radius 2 is 2.31 bits per heavy atom. The number of hydrogen-bond acceptors (Lipinski definition) is 1. The van der Waals surface area contributed by atoms with Gasteiger partial charge in [-0.3, -0.25) is 4.79 Å². The first-order valence-electron chi connectivity index (χ1n) is 4.47. The number of hydrogen-bond donors (Lipinski definition) is 0. The average Bonchev–Trinajstić information content (AvgIpc) is 2.46. The van der Waals surface area contributed by atoms with Crippen LogP contribution >= 0.6 is 0 Å². The smallest absolute Gasteiger partial charge is 0.137 e. The summed E-state index contributed by atoms with van der Waals surface area (Å²) in [4.78, 5) is 11.2. The molecule has 0 bridgehead atoms. The van der Waals surface area contributed by atoms with Gasteiger partial charge in [0.1, 0.15) is 11.6 Å². The highest BCUT2D eigenvalue weighted by molar-refractivity contribution is 5.84. The van der Waals surface area contributed by atoms with Gasteiger partial charge in [-0.15, -0.1) is 0 Å². The topological polar surface area (TPSA) is 17.1 Å². The first-order valence-corrected chi connectivity index (χ1v) is 4.47. The minimum absolute atomic E-state index is 0.0642. The third-order valence-electron chi connectivity index (χ3n) is 2.68. The maximum absolute atomic E-state index is 12.9. The molecule has 0 aromatic heterocycles. The molecule has 0 N–H and O–H groups in total. The third kappa shape index (κ3) is 1.37. The number of carbonyl (C=O) groups is 1. The summed E-state index contributed by atoms with van der Waals surface area (Å²) in [5.41, 5.74) is 2.02. The van der Waals surface area contributed by atoms with Gasteiger partial charge in [0, 0.05) is 5.92 Å². The predicted octanol–water partition coefficient (Wildman–Crippen LogP) is 2.44. The highest BCUT2D eigenvalue weighted by atomic mass is 19.1. The Labute approximate surface area is 76.6 Å². The van der Waals surface area contributed by atoms with Crippen LogP contribution in [0.15, 0.2) is 18.2 Å². The number of benzene rings is 1. The summed E-state index contributed by atoms with van der Waals surface area (Å²) in [7, 11) is 0. The number of rotatable bonds is 1. The van der Waals surface area contributed by atoms with Gasteiger partial charge in [-0.25, -0.2) is 4.39 Å². The predicted molar refractivity (Wildman–Crippen MR) is 48.1 cm³/mol. The average molecular weight is 178 g/mol. The van der Waals surface area contributed by atoms with Crippen molar-refractivity contribution in [2.75, 3.05) is 0 Å². The lowest BCUT2D eigenvalue weighted by Gasteiger charge is -2.06. The second-order valence-electron chi connectivity index (χ2n) is 3.55. The van der Waals surface area contributed by atoms with Gasteiger partial charge in [-0.05, 0) is 43.0 Å². The van der Waals surface area contributed by atoms with E-state index in [0.717, 1.165) is 24.0 Å². The first-order chi connectivity index (χ1) is 6.18. The molecule has 2 heteroatoms. The van der Waals surface area contributed by atoms with Gasteiger partial charge in [0.2, 0.25) is 0 Å². The number of carbonyl (C=O) groups excluding carboxylic acids is 1. The molecule has 0 fully saturated rings. The van der Waals surface area contributed by atoms with E-state index in [0.29, 0.717) is 0 Å². The van der Waals surface area contributed by atoms with Gasteiger partial charge >= 0.3 is 0 Å². The standard InChI is InChI=1S/C11H11FO/c1-7(13)10-5-3-8-2-4-9(12)6-11(8)10/h2,4,6,10H,3,5H2,1H3. The van der Waals surface area contributed by atoms with Crippen molar-refractivity contribution >= 4 is 5.78 Å². The molecule has 0 aliphatic heterocycles. The highest BCUT2D eigenvalue weighted by Gasteiger charge is 2.25. The molecule has 0 spiro atoms. The van der Waals surface area contributed by atoms with Crippen molar-refractivity contribution < 1.29 is 9.18 Å². The molecule has 0 radical (unpaired) electrons. The molecule has 1 unspecified atom stereocenters. The Kier molecular flexibility index (Phi) is 1.91. The molecule has 0 heterocycles. The lowest BCUT2D eigenvalue weighted by molar-refractivity contribution is -0.118. The first kappa shape index (κ1) is 8.42. The molecular weight excluding hydrogens is 167 g/mol. The fraction of sp³-hybridized carbons (Fsp3) is 0.364. The number of halogens is 1. The van der Waals surface area contributed by atoms with Crippen LogP contribution in [0.2, 0.25) is 0 Å². The molecule has 1 aliphatic carbocycles. The van der Waals surface area contributed by atoms with Crippen molar-refractivity contribution in [3.8, 4) is 0 Å². The monoisotopic (exact) mass is 178 g/mol. The van der Waals surface area contributed by atoms with Crippen LogP contribution in [0.1, 0.15) is 30.4 Å². The SMILES string of the molecule is CC(=O)C1CCc2ccc(F)cc21. The van der Waals surface area contributed by atoms with Crippen molar-refractivity contribution in [1.82, 2.24) is 0 Å². The molecule has 13 heavy (non-hydrogen) atoms. The van der Waals surface area contributed by atoms with E-state index in [9.17, 15) is 9.18 Å². The van der Waals surface area contributed by atoms with Crippen molar-refractivity contribution in [2.24, 2.45) is 0 Å². The van der Waals surface area contributed by atoms with E-state index in [1.807, 2.05) is 0 Å². The summed E-state index contributed by atoms with van der Waals surface area (Å²) >= 11 is 0. The molecule has 0 amide bonds. The summed E-state index contributed by atoms with van der Waals surface area (Å²) in [5, 5.41) is 0. The van der Waals surface area contributed by atoms with E-state index < -0.39 is 0 Å². The summed E-state index contributed by atoms with van der Waals surface area (Å²) in [5.74, 6) is -0.165.